The summed E-state index contributed by atoms with van der Waals surface area (Å²) in [5.41, 5.74) is 3.66. The Balaban J connectivity index is 2.26. The van der Waals surface area contributed by atoms with Crippen molar-refractivity contribution in [2.24, 2.45) is 0 Å². The van der Waals surface area contributed by atoms with Crippen molar-refractivity contribution in [1.29, 1.82) is 0 Å². The zero-order valence-corrected chi connectivity index (χ0v) is 13.9. The molecule has 0 amide bonds. The van der Waals surface area contributed by atoms with Crippen molar-refractivity contribution in [1.82, 2.24) is 4.57 Å². The predicted molar refractivity (Wildman–Crippen MR) is 97.2 cm³/mol. The van der Waals surface area contributed by atoms with E-state index in [1.54, 1.807) is 0 Å². The lowest BCUT2D eigenvalue weighted by Gasteiger charge is -2.05. The highest BCUT2D eigenvalue weighted by Crippen LogP contribution is 2.25. The first-order valence-corrected chi connectivity index (χ1v) is 9.63. The van der Waals surface area contributed by atoms with Crippen molar-refractivity contribution in [3.05, 3.63) is 65.9 Å². The summed E-state index contributed by atoms with van der Waals surface area (Å²) in [4.78, 5) is 11.3. The molecule has 3 rings (SSSR count). The molecular formula is C17H10INOS. The van der Waals surface area contributed by atoms with Crippen molar-refractivity contribution >= 4 is 47.3 Å². The quantitative estimate of drug-likeness (QED) is 0.347. The van der Waals surface area contributed by atoms with E-state index in [4.69, 9.17) is 0 Å². The Hall–Kier alpha value is -1.71. The van der Waals surface area contributed by atoms with Crippen molar-refractivity contribution in [2.75, 3.05) is 0 Å². The summed E-state index contributed by atoms with van der Waals surface area (Å²) >= 11 is 2.15. The maximum absolute atomic E-state index is 11.3. The van der Waals surface area contributed by atoms with E-state index in [0.717, 1.165) is 28.4 Å². The van der Waals surface area contributed by atoms with Crippen LogP contribution in [0.1, 0.15) is 15.9 Å². The van der Waals surface area contributed by atoms with Crippen LogP contribution in [-0.2, 0) is 0 Å². The van der Waals surface area contributed by atoms with Crippen LogP contribution in [0.25, 0.3) is 16.6 Å². The summed E-state index contributed by atoms with van der Waals surface area (Å²) in [7, 11) is 1.46. The Labute approximate surface area is 139 Å². The van der Waals surface area contributed by atoms with Crippen LogP contribution in [-0.4, -0.2) is 10.9 Å². The molecule has 0 aliphatic rings. The van der Waals surface area contributed by atoms with Gasteiger partial charge >= 0.3 is 0 Å². The molecule has 0 bridgehead atoms. The van der Waals surface area contributed by atoms with Crippen LogP contribution in [0, 0.1) is 11.2 Å². The van der Waals surface area contributed by atoms with Gasteiger partial charge in [0, 0.05) is 49.6 Å². The van der Waals surface area contributed by atoms with Crippen LogP contribution >= 0.6 is 30.1 Å². The first-order valence-electron chi connectivity index (χ1n) is 6.28. The molecule has 0 aliphatic heterocycles. The van der Waals surface area contributed by atoms with Crippen LogP contribution in [0.15, 0.2) is 54.7 Å². The van der Waals surface area contributed by atoms with Gasteiger partial charge in [-0.1, -0.05) is 30.2 Å². The molecule has 0 radical (unpaired) electrons. The summed E-state index contributed by atoms with van der Waals surface area (Å²) in [6.45, 7) is 0. The topological polar surface area (TPSA) is 22.0 Å². The molecule has 21 heavy (non-hydrogen) atoms. The maximum Gasteiger partial charge on any atom is 0.152 e. The van der Waals surface area contributed by atoms with E-state index >= 15 is 0 Å². The minimum absolute atomic E-state index is 0.691. The number of halogens is 1. The molecule has 3 aromatic rings. The molecule has 0 saturated heterocycles. The molecule has 0 spiro atoms. The fraction of sp³-hybridized carbons (Fsp3) is 0. The zero-order valence-electron chi connectivity index (χ0n) is 10.9. The number of fused-ring (bicyclic) bond motifs is 1. The van der Waals surface area contributed by atoms with E-state index in [1.807, 2.05) is 59.3 Å². The van der Waals surface area contributed by atoms with Gasteiger partial charge in [0.1, 0.15) is 0 Å². The number of aldehydes is 1. The fourth-order valence-electron chi connectivity index (χ4n) is 2.31. The highest BCUT2D eigenvalue weighted by molar-refractivity contribution is 14.2. The monoisotopic (exact) mass is 403 g/mol. The molecule has 0 aliphatic carbocycles. The summed E-state index contributed by atoms with van der Waals surface area (Å²) < 4.78 is 2.03. The number of rotatable bonds is 2. The van der Waals surface area contributed by atoms with E-state index in [1.165, 1.54) is 8.93 Å². The number of hydrogen-bond donors (Lipinski definition) is 0. The van der Waals surface area contributed by atoms with Gasteiger partial charge in [0.2, 0.25) is 0 Å². The molecule has 4 heteroatoms. The number of carbonyl (C=O) groups excluding carboxylic acids is 1. The van der Waals surface area contributed by atoms with Gasteiger partial charge in [-0.2, -0.15) is 0 Å². The largest absolute Gasteiger partial charge is 0.316 e. The molecule has 0 unspecified atom stereocenters. The van der Waals surface area contributed by atoms with E-state index < -0.39 is 0 Å². The summed E-state index contributed by atoms with van der Waals surface area (Å²) in [5, 5.41) is 3.93. The normalized spacial score (nSPS) is 10.1. The highest BCUT2D eigenvalue weighted by Gasteiger charge is 2.09. The minimum Gasteiger partial charge on any atom is -0.316 e. The van der Waals surface area contributed by atoms with Crippen molar-refractivity contribution < 1.29 is 4.79 Å². The first-order chi connectivity index (χ1) is 10.3. The van der Waals surface area contributed by atoms with Crippen LogP contribution in [0.5, 0.6) is 0 Å². The Morgan fingerprint density at radius 2 is 1.95 bits per heavy atom. The fourth-order valence-corrected chi connectivity index (χ4v) is 2.79. The lowest BCUT2D eigenvalue weighted by Crippen LogP contribution is -1.91. The lowest BCUT2D eigenvalue weighted by molar-refractivity contribution is 0.112. The molecule has 0 fully saturated rings. The molecule has 2 nitrogen and oxygen atoms in total. The second-order valence-corrected chi connectivity index (χ2v) is 6.12. The Bertz CT molecular complexity index is 859. The summed E-state index contributed by atoms with van der Waals surface area (Å²) in [6.07, 6.45) is 2.77. The molecule has 0 atom stereocenters. The number of benzene rings is 2. The summed E-state index contributed by atoms with van der Waals surface area (Å²) in [6, 6.07) is 15.9. The third kappa shape index (κ3) is 2.85. The van der Waals surface area contributed by atoms with Crippen molar-refractivity contribution in [2.45, 2.75) is 0 Å². The number of aromatic nitrogens is 1. The number of carbonyl (C=O) groups is 1. The molecule has 0 N–H and O–H groups in total. The van der Waals surface area contributed by atoms with Crippen molar-refractivity contribution in [3.63, 3.8) is 0 Å². The van der Waals surface area contributed by atoms with Crippen LogP contribution < -0.4 is 0 Å². The average Bonchev–Trinajstić information content (AvgIpc) is 2.91. The minimum atomic E-state index is 0.691. The predicted octanol–water partition coefficient (Wildman–Crippen LogP) is 4.84. The third-order valence-electron chi connectivity index (χ3n) is 3.23. The molecule has 1 aromatic heterocycles. The number of para-hydroxylation sites is 1. The molecule has 102 valence electrons. The zero-order chi connectivity index (χ0) is 14.7. The standard InChI is InChI=1S/C17H10INOS/c18-21-9-8-13-6-7-16-14(12-20)11-19(17(16)10-13)15-4-2-1-3-5-15/h1-7,10-12H. The lowest BCUT2D eigenvalue weighted by atomic mass is 10.1. The Morgan fingerprint density at radius 1 is 1.14 bits per heavy atom. The van der Waals surface area contributed by atoms with Gasteiger partial charge in [-0.05, 0) is 38.5 Å². The van der Waals surface area contributed by atoms with Crippen LogP contribution in [0.4, 0.5) is 0 Å². The van der Waals surface area contributed by atoms with Crippen LogP contribution in [0.2, 0.25) is 0 Å². The van der Waals surface area contributed by atoms with E-state index in [-0.39, 0.29) is 0 Å². The molecule has 2 aromatic carbocycles. The SMILES string of the molecule is O=Cc1cn(-c2ccccc2)c2cc(C#CSI)ccc12. The van der Waals surface area contributed by atoms with Gasteiger partial charge in [0.25, 0.3) is 0 Å². The van der Waals surface area contributed by atoms with Crippen molar-refractivity contribution in [3.8, 4) is 16.9 Å². The Morgan fingerprint density at radius 3 is 2.67 bits per heavy atom. The number of nitrogens with zero attached hydrogens (tertiary/aromatic N) is 1. The Kier molecular flexibility index (Phi) is 4.32. The molecular weight excluding hydrogens is 393 g/mol. The van der Waals surface area contributed by atoms with Crippen LogP contribution in [0.3, 0.4) is 0 Å². The molecule has 0 saturated carbocycles. The van der Waals surface area contributed by atoms with Gasteiger partial charge < -0.3 is 4.57 Å². The van der Waals surface area contributed by atoms with E-state index in [2.05, 4.69) is 32.4 Å². The van der Waals surface area contributed by atoms with E-state index in [9.17, 15) is 4.79 Å². The third-order valence-corrected chi connectivity index (χ3v) is 4.07. The van der Waals surface area contributed by atoms with E-state index in [0.29, 0.717) is 5.56 Å². The van der Waals surface area contributed by atoms with Gasteiger partial charge in [0.15, 0.2) is 6.29 Å². The second-order valence-electron chi connectivity index (χ2n) is 4.44. The smallest absolute Gasteiger partial charge is 0.152 e. The average molecular weight is 403 g/mol. The highest BCUT2D eigenvalue weighted by atomic mass is 127. The van der Waals surface area contributed by atoms with Gasteiger partial charge in [0.05, 0.1) is 5.52 Å². The van der Waals surface area contributed by atoms with Gasteiger partial charge in [-0.25, -0.2) is 0 Å². The molecule has 1 heterocycles. The van der Waals surface area contributed by atoms with Gasteiger partial charge in [-0.15, -0.1) is 0 Å². The first kappa shape index (κ1) is 14.2. The maximum atomic E-state index is 11.3. The van der Waals surface area contributed by atoms with Gasteiger partial charge in [-0.3, -0.25) is 4.79 Å². The number of hydrogen-bond acceptors (Lipinski definition) is 2. The second kappa shape index (κ2) is 6.37. The summed E-state index contributed by atoms with van der Waals surface area (Å²) in [5.74, 6) is 3.10.